The summed E-state index contributed by atoms with van der Waals surface area (Å²) in [6.07, 6.45) is 0. The van der Waals surface area contributed by atoms with Crippen LogP contribution in [-0.4, -0.2) is 48.5 Å². The molecule has 0 amide bonds. The maximum atomic E-state index is 12.0. The van der Waals surface area contributed by atoms with E-state index in [4.69, 9.17) is 5.11 Å². The SMILES string of the molecule is CN(CCS(=O)(=O)C(C)(C)C)Cc1ccc(C(=O)O)cc1. The number of sulfone groups is 1. The van der Waals surface area contributed by atoms with Gasteiger partial charge in [0, 0.05) is 13.1 Å². The number of nitrogens with zero attached hydrogens (tertiary/aromatic N) is 1. The molecule has 1 aromatic rings. The minimum Gasteiger partial charge on any atom is -0.478 e. The van der Waals surface area contributed by atoms with Crippen LogP contribution in [0.15, 0.2) is 24.3 Å². The van der Waals surface area contributed by atoms with Gasteiger partial charge < -0.3 is 10.0 Å². The molecule has 0 saturated carbocycles. The zero-order chi connectivity index (χ0) is 16.3. The van der Waals surface area contributed by atoms with Crippen molar-refractivity contribution in [3.05, 3.63) is 35.4 Å². The molecule has 6 heteroatoms. The number of hydrogen-bond acceptors (Lipinski definition) is 4. The van der Waals surface area contributed by atoms with Crippen molar-refractivity contribution in [1.82, 2.24) is 4.90 Å². The highest BCUT2D eigenvalue weighted by Crippen LogP contribution is 2.16. The Morgan fingerprint density at radius 1 is 1.19 bits per heavy atom. The average Bonchev–Trinajstić information content (AvgIpc) is 2.36. The topological polar surface area (TPSA) is 74.7 Å². The molecule has 0 saturated heterocycles. The number of hydrogen-bond donors (Lipinski definition) is 1. The molecule has 1 N–H and O–H groups in total. The fraction of sp³-hybridized carbons (Fsp3) is 0.533. The van der Waals surface area contributed by atoms with E-state index < -0.39 is 20.6 Å². The lowest BCUT2D eigenvalue weighted by Gasteiger charge is -2.22. The minimum absolute atomic E-state index is 0.111. The maximum absolute atomic E-state index is 12.0. The lowest BCUT2D eigenvalue weighted by molar-refractivity contribution is 0.0697. The third kappa shape index (κ3) is 5.13. The van der Waals surface area contributed by atoms with Gasteiger partial charge in [0.2, 0.25) is 0 Å². The van der Waals surface area contributed by atoms with Crippen molar-refractivity contribution in [2.45, 2.75) is 32.1 Å². The highest BCUT2D eigenvalue weighted by atomic mass is 32.2. The molecular formula is C15H23NO4S. The first-order valence-electron chi connectivity index (χ1n) is 6.76. The fourth-order valence-corrected chi connectivity index (χ4v) is 2.89. The van der Waals surface area contributed by atoms with Crippen LogP contribution >= 0.6 is 0 Å². The summed E-state index contributed by atoms with van der Waals surface area (Å²) in [5.41, 5.74) is 1.20. The summed E-state index contributed by atoms with van der Waals surface area (Å²) in [5.74, 6) is -0.841. The number of carbonyl (C=O) groups is 1. The van der Waals surface area contributed by atoms with Crippen LogP contribution in [0.25, 0.3) is 0 Å². The number of carboxylic acid groups (broad SMARTS) is 1. The second kappa shape index (κ2) is 6.58. The zero-order valence-corrected chi connectivity index (χ0v) is 13.8. The molecule has 0 aromatic heterocycles. The largest absolute Gasteiger partial charge is 0.478 e. The quantitative estimate of drug-likeness (QED) is 0.870. The van der Waals surface area contributed by atoms with Gasteiger partial charge >= 0.3 is 5.97 Å². The van der Waals surface area contributed by atoms with Gasteiger partial charge in [-0.15, -0.1) is 0 Å². The molecule has 0 unspecified atom stereocenters. The number of benzene rings is 1. The van der Waals surface area contributed by atoms with Crippen LogP contribution in [0.4, 0.5) is 0 Å². The Labute approximate surface area is 126 Å². The van der Waals surface area contributed by atoms with Gasteiger partial charge in [-0.1, -0.05) is 12.1 Å². The summed E-state index contributed by atoms with van der Waals surface area (Å²) in [5, 5.41) is 8.83. The predicted molar refractivity (Wildman–Crippen MR) is 83.3 cm³/mol. The van der Waals surface area contributed by atoms with Gasteiger partial charge in [-0.3, -0.25) is 0 Å². The molecular weight excluding hydrogens is 290 g/mol. The Balaban J connectivity index is 2.58. The molecule has 0 atom stereocenters. The first-order chi connectivity index (χ1) is 9.53. The molecule has 0 fully saturated rings. The van der Waals surface area contributed by atoms with Gasteiger partial charge in [0.1, 0.15) is 0 Å². The summed E-state index contributed by atoms with van der Waals surface area (Å²) in [6.45, 7) is 6.13. The van der Waals surface area contributed by atoms with E-state index in [0.717, 1.165) is 5.56 Å². The second-order valence-electron chi connectivity index (χ2n) is 6.17. The lowest BCUT2D eigenvalue weighted by atomic mass is 10.1. The van der Waals surface area contributed by atoms with Crippen LogP contribution in [-0.2, 0) is 16.4 Å². The van der Waals surface area contributed by atoms with E-state index >= 15 is 0 Å². The molecule has 0 bridgehead atoms. The van der Waals surface area contributed by atoms with Crippen molar-refractivity contribution in [3.63, 3.8) is 0 Å². The van der Waals surface area contributed by atoms with Crippen molar-refractivity contribution in [2.24, 2.45) is 0 Å². The average molecular weight is 313 g/mol. The number of carboxylic acids is 1. The van der Waals surface area contributed by atoms with Crippen molar-refractivity contribution in [1.29, 1.82) is 0 Å². The molecule has 0 heterocycles. The van der Waals surface area contributed by atoms with E-state index in [9.17, 15) is 13.2 Å². The highest BCUT2D eigenvalue weighted by Gasteiger charge is 2.28. The molecule has 118 valence electrons. The monoisotopic (exact) mass is 313 g/mol. The molecule has 21 heavy (non-hydrogen) atoms. The Hall–Kier alpha value is -1.40. The van der Waals surface area contributed by atoms with Gasteiger partial charge in [0.05, 0.1) is 16.1 Å². The van der Waals surface area contributed by atoms with Crippen LogP contribution < -0.4 is 0 Å². The van der Waals surface area contributed by atoms with E-state index in [2.05, 4.69) is 0 Å². The van der Waals surface area contributed by atoms with E-state index in [1.165, 1.54) is 0 Å². The van der Waals surface area contributed by atoms with E-state index in [-0.39, 0.29) is 11.3 Å². The van der Waals surface area contributed by atoms with Gasteiger partial charge in [0.25, 0.3) is 0 Å². The smallest absolute Gasteiger partial charge is 0.335 e. The van der Waals surface area contributed by atoms with Crippen LogP contribution in [0.2, 0.25) is 0 Å². The molecule has 0 aliphatic heterocycles. The Morgan fingerprint density at radius 3 is 2.14 bits per heavy atom. The minimum atomic E-state index is -3.12. The highest BCUT2D eigenvalue weighted by molar-refractivity contribution is 7.92. The van der Waals surface area contributed by atoms with E-state index in [1.54, 1.807) is 45.0 Å². The number of aromatic carboxylic acids is 1. The second-order valence-corrected chi connectivity index (χ2v) is 9.03. The van der Waals surface area contributed by atoms with E-state index in [1.807, 2.05) is 11.9 Å². The van der Waals surface area contributed by atoms with Crippen LogP contribution in [0.1, 0.15) is 36.7 Å². The summed E-state index contributed by atoms with van der Waals surface area (Å²) in [7, 11) is -1.27. The third-order valence-corrected chi connectivity index (χ3v) is 5.91. The van der Waals surface area contributed by atoms with Crippen LogP contribution in [0, 0.1) is 0 Å². The summed E-state index contributed by atoms with van der Waals surface area (Å²) < 4.78 is 23.3. The summed E-state index contributed by atoms with van der Waals surface area (Å²) >= 11 is 0. The number of rotatable bonds is 6. The first-order valence-corrected chi connectivity index (χ1v) is 8.41. The van der Waals surface area contributed by atoms with Crippen molar-refractivity contribution >= 4 is 15.8 Å². The zero-order valence-electron chi connectivity index (χ0n) is 13.0. The molecule has 1 aromatic carbocycles. The molecule has 1 rings (SSSR count). The van der Waals surface area contributed by atoms with Gasteiger partial charge in [-0.25, -0.2) is 13.2 Å². The summed E-state index contributed by atoms with van der Waals surface area (Å²) in [6, 6.07) is 6.60. The Bertz CT molecular complexity index is 585. The standard InChI is InChI=1S/C15H23NO4S/c1-15(2,3)21(19,20)10-9-16(4)11-12-5-7-13(8-6-12)14(17)18/h5-8H,9-11H2,1-4H3,(H,17,18). The van der Waals surface area contributed by atoms with Gasteiger partial charge in [0.15, 0.2) is 9.84 Å². The van der Waals surface area contributed by atoms with Crippen LogP contribution in [0.3, 0.4) is 0 Å². The lowest BCUT2D eigenvalue weighted by Crippen LogP contribution is -2.35. The fourth-order valence-electron chi connectivity index (χ4n) is 1.73. The molecule has 0 aliphatic carbocycles. The van der Waals surface area contributed by atoms with Crippen LogP contribution in [0.5, 0.6) is 0 Å². The normalized spacial score (nSPS) is 12.6. The van der Waals surface area contributed by atoms with Gasteiger partial charge in [-0.05, 0) is 45.5 Å². The van der Waals surface area contributed by atoms with Crippen molar-refractivity contribution in [3.8, 4) is 0 Å². The van der Waals surface area contributed by atoms with Gasteiger partial charge in [-0.2, -0.15) is 0 Å². The first kappa shape index (κ1) is 17.7. The maximum Gasteiger partial charge on any atom is 0.335 e. The third-order valence-electron chi connectivity index (χ3n) is 3.33. The van der Waals surface area contributed by atoms with Crippen molar-refractivity contribution in [2.75, 3.05) is 19.3 Å². The van der Waals surface area contributed by atoms with Crippen molar-refractivity contribution < 1.29 is 18.3 Å². The predicted octanol–water partition coefficient (Wildman–Crippen LogP) is 2.03. The molecule has 5 nitrogen and oxygen atoms in total. The Kier molecular flexibility index (Phi) is 5.53. The Morgan fingerprint density at radius 2 is 1.71 bits per heavy atom. The van der Waals surface area contributed by atoms with E-state index in [0.29, 0.717) is 13.1 Å². The molecule has 0 aliphatic rings. The molecule has 0 spiro atoms. The molecule has 0 radical (unpaired) electrons. The summed E-state index contributed by atoms with van der Waals surface area (Å²) in [4.78, 5) is 12.7.